The van der Waals surface area contributed by atoms with Gasteiger partial charge in [-0.3, -0.25) is 0 Å². The number of benzene rings is 1. The van der Waals surface area contributed by atoms with Crippen LogP contribution in [0.2, 0.25) is 0 Å². The highest BCUT2D eigenvalue weighted by atomic mass is 79.9. The van der Waals surface area contributed by atoms with Crippen molar-refractivity contribution in [3.8, 4) is 0 Å². The zero-order chi connectivity index (χ0) is 14.4. The Morgan fingerprint density at radius 3 is 2.15 bits per heavy atom. The molecule has 110 valence electrons. The average Bonchev–Trinajstić information content (AvgIpc) is 2.88. The summed E-state index contributed by atoms with van der Waals surface area (Å²) in [6.07, 6.45) is 7.55. The van der Waals surface area contributed by atoms with Crippen LogP contribution in [0.4, 0.5) is 8.78 Å². The van der Waals surface area contributed by atoms with Crippen LogP contribution in [0.5, 0.6) is 0 Å². The molecular formula is C16H19BrF2O. The standard InChI is InChI=1S/C16H19BrF2O/c17-11-3-4-12(18)13(14(11)19)16(20)9-7-15(8-10-16)5-1-2-6-15/h3-4,20H,1-2,5-10H2. The van der Waals surface area contributed by atoms with Crippen molar-refractivity contribution in [3.63, 3.8) is 0 Å². The van der Waals surface area contributed by atoms with E-state index in [9.17, 15) is 13.9 Å². The second-order valence-corrected chi connectivity index (χ2v) is 7.31. The van der Waals surface area contributed by atoms with Crippen LogP contribution in [-0.4, -0.2) is 5.11 Å². The quantitative estimate of drug-likeness (QED) is 0.706. The Morgan fingerprint density at radius 2 is 1.55 bits per heavy atom. The van der Waals surface area contributed by atoms with E-state index >= 15 is 0 Å². The van der Waals surface area contributed by atoms with E-state index in [4.69, 9.17) is 0 Å². The largest absolute Gasteiger partial charge is 0.385 e. The summed E-state index contributed by atoms with van der Waals surface area (Å²) in [5.74, 6) is -1.30. The van der Waals surface area contributed by atoms with Crippen LogP contribution in [-0.2, 0) is 5.60 Å². The number of rotatable bonds is 1. The lowest BCUT2D eigenvalue weighted by Gasteiger charge is -2.42. The van der Waals surface area contributed by atoms with Gasteiger partial charge in [-0.2, -0.15) is 0 Å². The summed E-state index contributed by atoms with van der Waals surface area (Å²) in [5.41, 5.74) is -1.18. The summed E-state index contributed by atoms with van der Waals surface area (Å²) < 4.78 is 28.4. The maximum Gasteiger partial charge on any atom is 0.146 e. The first-order valence-electron chi connectivity index (χ1n) is 7.32. The Hall–Kier alpha value is -0.480. The minimum Gasteiger partial charge on any atom is -0.385 e. The maximum atomic E-state index is 14.2. The molecule has 2 saturated carbocycles. The zero-order valence-electron chi connectivity index (χ0n) is 11.4. The van der Waals surface area contributed by atoms with Gasteiger partial charge in [0, 0.05) is 0 Å². The Morgan fingerprint density at radius 1 is 0.950 bits per heavy atom. The Balaban J connectivity index is 1.89. The first-order valence-corrected chi connectivity index (χ1v) is 8.12. The third-order valence-corrected chi connectivity index (χ3v) is 5.92. The number of hydrogen-bond acceptors (Lipinski definition) is 1. The molecule has 1 spiro atoms. The maximum absolute atomic E-state index is 14.2. The summed E-state index contributed by atoms with van der Waals surface area (Å²) in [7, 11) is 0. The Bertz CT molecular complexity index is 513. The first kappa shape index (κ1) is 14.5. The summed E-state index contributed by atoms with van der Waals surface area (Å²) in [5, 5.41) is 10.8. The highest BCUT2D eigenvalue weighted by Gasteiger charge is 2.46. The van der Waals surface area contributed by atoms with Gasteiger partial charge < -0.3 is 5.11 Å². The molecule has 0 amide bonds. The Labute approximate surface area is 126 Å². The van der Waals surface area contributed by atoms with Gasteiger partial charge in [-0.05, 0) is 72.0 Å². The predicted octanol–water partition coefficient (Wildman–Crippen LogP) is 5.05. The van der Waals surface area contributed by atoms with Crippen molar-refractivity contribution < 1.29 is 13.9 Å². The second kappa shape index (κ2) is 5.06. The fraction of sp³-hybridized carbons (Fsp3) is 0.625. The lowest BCUT2D eigenvalue weighted by Crippen LogP contribution is -2.37. The summed E-state index contributed by atoms with van der Waals surface area (Å²) in [6, 6.07) is 2.57. The van der Waals surface area contributed by atoms with Crippen LogP contribution in [0.15, 0.2) is 16.6 Å². The van der Waals surface area contributed by atoms with Gasteiger partial charge in [0.1, 0.15) is 11.6 Å². The molecule has 0 unspecified atom stereocenters. The third-order valence-electron chi connectivity index (χ3n) is 5.31. The van der Waals surface area contributed by atoms with E-state index in [1.54, 1.807) is 0 Å². The third kappa shape index (κ3) is 2.31. The van der Waals surface area contributed by atoms with Gasteiger partial charge in [-0.15, -0.1) is 0 Å². The lowest BCUT2D eigenvalue weighted by molar-refractivity contribution is -0.0426. The van der Waals surface area contributed by atoms with Crippen molar-refractivity contribution in [2.45, 2.75) is 57.0 Å². The van der Waals surface area contributed by atoms with Crippen molar-refractivity contribution in [2.75, 3.05) is 0 Å². The summed E-state index contributed by atoms with van der Waals surface area (Å²) in [6.45, 7) is 0. The molecule has 2 aliphatic carbocycles. The highest BCUT2D eigenvalue weighted by Crippen LogP contribution is 2.54. The van der Waals surface area contributed by atoms with E-state index in [-0.39, 0.29) is 10.0 Å². The van der Waals surface area contributed by atoms with Gasteiger partial charge in [0.25, 0.3) is 0 Å². The Kier molecular flexibility index (Phi) is 3.66. The molecule has 1 nitrogen and oxygen atoms in total. The summed E-state index contributed by atoms with van der Waals surface area (Å²) >= 11 is 3.08. The molecule has 0 atom stereocenters. The van der Waals surface area contributed by atoms with Gasteiger partial charge in [0.05, 0.1) is 15.6 Å². The molecule has 0 aromatic heterocycles. The van der Waals surface area contributed by atoms with Crippen molar-refractivity contribution >= 4 is 15.9 Å². The molecule has 0 bridgehead atoms. The van der Waals surface area contributed by atoms with Crippen molar-refractivity contribution in [2.24, 2.45) is 5.41 Å². The van der Waals surface area contributed by atoms with Gasteiger partial charge in [0.15, 0.2) is 0 Å². The van der Waals surface area contributed by atoms with E-state index < -0.39 is 17.2 Å². The predicted molar refractivity (Wildman–Crippen MR) is 77.3 cm³/mol. The SMILES string of the molecule is OC1(c2c(F)ccc(Br)c2F)CCC2(CCCC2)CC1. The van der Waals surface area contributed by atoms with Gasteiger partial charge in [-0.25, -0.2) is 8.78 Å². The van der Waals surface area contributed by atoms with Crippen LogP contribution in [0, 0.1) is 17.0 Å². The van der Waals surface area contributed by atoms with Crippen molar-refractivity contribution in [3.05, 3.63) is 33.8 Å². The minimum atomic E-state index is -1.36. The molecule has 3 rings (SSSR count). The molecule has 0 radical (unpaired) electrons. The van der Waals surface area contributed by atoms with Crippen LogP contribution < -0.4 is 0 Å². The number of hydrogen-bond donors (Lipinski definition) is 1. The molecule has 4 heteroatoms. The molecule has 1 N–H and O–H groups in total. The second-order valence-electron chi connectivity index (χ2n) is 6.46. The first-order chi connectivity index (χ1) is 9.46. The van der Waals surface area contributed by atoms with E-state index in [0.717, 1.165) is 12.8 Å². The van der Waals surface area contributed by atoms with Gasteiger partial charge in [0.2, 0.25) is 0 Å². The fourth-order valence-corrected chi connectivity index (χ4v) is 4.35. The average molecular weight is 345 g/mol. The monoisotopic (exact) mass is 344 g/mol. The topological polar surface area (TPSA) is 20.2 Å². The normalized spacial score (nSPS) is 24.2. The molecule has 1 aromatic carbocycles. The van der Waals surface area contributed by atoms with Gasteiger partial charge in [-0.1, -0.05) is 12.8 Å². The summed E-state index contributed by atoms with van der Waals surface area (Å²) in [4.78, 5) is 0. The molecule has 2 aliphatic rings. The molecular weight excluding hydrogens is 326 g/mol. The molecule has 0 saturated heterocycles. The fourth-order valence-electron chi connectivity index (χ4n) is 4.02. The zero-order valence-corrected chi connectivity index (χ0v) is 13.0. The van der Waals surface area contributed by atoms with E-state index in [0.29, 0.717) is 18.3 Å². The van der Waals surface area contributed by atoms with Crippen LogP contribution in [0.3, 0.4) is 0 Å². The van der Waals surface area contributed by atoms with Gasteiger partial charge >= 0.3 is 0 Å². The number of halogens is 3. The van der Waals surface area contributed by atoms with E-state index in [1.165, 1.54) is 37.8 Å². The van der Waals surface area contributed by atoms with Crippen LogP contribution >= 0.6 is 15.9 Å². The van der Waals surface area contributed by atoms with E-state index in [2.05, 4.69) is 15.9 Å². The molecule has 1 aromatic rings. The lowest BCUT2D eigenvalue weighted by atomic mass is 9.66. The molecule has 2 fully saturated rings. The van der Waals surface area contributed by atoms with Crippen LogP contribution in [0.1, 0.15) is 56.9 Å². The van der Waals surface area contributed by atoms with E-state index in [1.807, 2.05) is 0 Å². The minimum absolute atomic E-state index is 0.153. The van der Waals surface area contributed by atoms with Crippen molar-refractivity contribution in [1.82, 2.24) is 0 Å². The molecule has 0 heterocycles. The smallest absolute Gasteiger partial charge is 0.146 e. The highest BCUT2D eigenvalue weighted by molar-refractivity contribution is 9.10. The molecule has 20 heavy (non-hydrogen) atoms. The molecule has 0 aliphatic heterocycles. The number of aliphatic hydroxyl groups is 1. The van der Waals surface area contributed by atoms with Crippen molar-refractivity contribution in [1.29, 1.82) is 0 Å². The van der Waals surface area contributed by atoms with Crippen LogP contribution in [0.25, 0.3) is 0 Å².